The number of carbonyl (C=O) groups is 1. The van der Waals surface area contributed by atoms with Crippen molar-refractivity contribution in [2.45, 2.75) is 6.04 Å². The molecule has 5 N–H and O–H groups in total. The molecule has 0 bridgehead atoms. The zero-order valence-electron chi connectivity index (χ0n) is 17.8. The highest BCUT2D eigenvalue weighted by Crippen LogP contribution is 2.30. The first-order chi connectivity index (χ1) is 15.9. The van der Waals surface area contributed by atoms with Gasteiger partial charge in [0.1, 0.15) is 11.6 Å². The van der Waals surface area contributed by atoms with Crippen molar-refractivity contribution in [3.8, 4) is 22.4 Å². The molecule has 2 aromatic carbocycles. The molecular formula is C24H22ClFN6O. The third-order valence-corrected chi connectivity index (χ3v) is 5.59. The van der Waals surface area contributed by atoms with Gasteiger partial charge in [0.15, 0.2) is 0 Å². The van der Waals surface area contributed by atoms with Gasteiger partial charge < -0.3 is 16.8 Å². The fraction of sp³-hybridized carbons (Fsp3) is 0.125. The Balaban J connectivity index is 1.61. The Morgan fingerprint density at radius 1 is 1.18 bits per heavy atom. The fourth-order valence-corrected chi connectivity index (χ4v) is 3.81. The van der Waals surface area contributed by atoms with Gasteiger partial charge >= 0.3 is 0 Å². The smallest absolute Gasteiger partial charge is 0.254 e. The molecule has 0 unspecified atom stereocenters. The summed E-state index contributed by atoms with van der Waals surface area (Å²) < 4.78 is 16.7. The summed E-state index contributed by atoms with van der Waals surface area (Å²) in [5.74, 6) is -1.01. The number of aromatic nitrogens is 3. The normalized spacial score (nSPS) is 11.9. The molecule has 0 aliphatic heterocycles. The molecule has 0 saturated carbocycles. The third-order valence-electron chi connectivity index (χ3n) is 5.35. The van der Waals surface area contributed by atoms with Gasteiger partial charge in [-0.1, -0.05) is 29.8 Å². The van der Waals surface area contributed by atoms with Crippen LogP contribution >= 0.6 is 11.6 Å². The number of aryl methyl sites for hydroxylation is 1. The molecule has 0 spiro atoms. The lowest BCUT2D eigenvalue weighted by molar-refractivity contribution is 0.0934. The van der Waals surface area contributed by atoms with Crippen molar-refractivity contribution in [1.29, 1.82) is 0 Å². The lowest BCUT2D eigenvalue weighted by atomic mass is 10.0. The minimum absolute atomic E-state index is 0.103. The quantitative estimate of drug-likeness (QED) is 0.400. The van der Waals surface area contributed by atoms with Gasteiger partial charge in [-0.2, -0.15) is 5.10 Å². The van der Waals surface area contributed by atoms with Crippen molar-refractivity contribution in [2.24, 2.45) is 12.8 Å². The summed E-state index contributed by atoms with van der Waals surface area (Å²) in [7, 11) is 1.82. The maximum Gasteiger partial charge on any atom is 0.254 e. The predicted molar refractivity (Wildman–Crippen MR) is 127 cm³/mol. The number of carbonyl (C=O) groups excluding carboxylic acids is 1. The summed E-state index contributed by atoms with van der Waals surface area (Å²) in [6.45, 7) is 0.134. The number of pyridine rings is 1. The third kappa shape index (κ3) is 4.72. The van der Waals surface area contributed by atoms with E-state index in [0.29, 0.717) is 16.1 Å². The van der Waals surface area contributed by atoms with Crippen LogP contribution in [0, 0.1) is 5.82 Å². The van der Waals surface area contributed by atoms with Crippen molar-refractivity contribution in [3.05, 3.63) is 89.0 Å². The van der Waals surface area contributed by atoms with Gasteiger partial charge in [-0.15, -0.1) is 0 Å². The Bertz CT molecular complexity index is 1320. The van der Waals surface area contributed by atoms with Gasteiger partial charge in [-0.05, 0) is 47.5 Å². The van der Waals surface area contributed by atoms with E-state index < -0.39 is 17.8 Å². The number of nitrogen functional groups attached to an aromatic ring is 1. The number of anilines is 1. The fourth-order valence-electron chi connectivity index (χ4n) is 3.61. The van der Waals surface area contributed by atoms with Crippen LogP contribution in [-0.4, -0.2) is 27.2 Å². The summed E-state index contributed by atoms with van der Waals surface area (Å²) in [6, 6.07) is 14.5. The highest BCUT2D eigenvalue weighted by atomic mass is 35.5. The molecule has 9 heteroatoms. The van der Waals surface area contributed by atoms with E-state index in [2.05, 4.69) is 15.4 Å². The van der Waals surface area contributed by atoms with Crippen LogP contribution in [0.15, 0.2) is 67.0 Å². The maximum absolute atomic E-state index is 15.0. The van der Waals surface area contributed by atoms with E-state index in [0.717, 1.165) is 16.8 Å². The molecule has 0 radical (unpaired) electrons. The van der Waals surface area contributed by atoms with Gasteiger partial charge in [-0.25, -0.2) is 9.37 Å². The lowest BCUT2D eigenvalue weighted by Gasteiger charge is -2.18. The second-order valence-electron chi connectivity index (χ2n) is 7.51. The summed E-state index contributed by atoms with van der Waals surface area (Å²) >= 11 is 6.03. The Kier molecular flexibility index (Phi) is 6.39. The van der Waals surface area contributed by atoms with Crippen LogP contribution in [0.25, 0.3) is 22.4 Å². The van der Waals surface area contributed by atoms with Crippen LogP contribution < -0.4 is 16.8 Å². The minimum Gasteiger partial charge on any atom is -0.383 e. The van der Waals surface area contributed by atoms with Crippen LogP contribution in [-0.2, 0) is 7.05 Å². The van der Waals surface area contributed by atoms with Gasteiger partial charge in [0.2, 0.25) is 0 Å². The van der Waals surface area contributed by atoms with E-state index in [1.807, 2.05) is 19.2 Å². The Labute approximate surface area is 195 Å². The summed E-state index contributed by atoms with van der Waals surface area (Å²) in [5.41, 5.74) is 15.2. The van der Waals surface area contributed by atoms with Crippen molar-refractivity contribution in [1.82, 2.24) is 20.1 Å². The molecule has 168 valence electrons. The summed E-state index contributed by atoms with van der Waals surface area (Å²) in [6.07, 6.45) is 3.31. The van der Waals surface area contributed by atoms with E-state index in [9.17, 15) is 9.18 Å². The van der Waals surface area contributed by atoms with E-state index in [1.165, 1.54) is 12.1 Å². The lowest BCUT2D eigenvalue weighted by Crippen LogP contribution is -2.33. The maximum atomic E-state index is 15.0. The number of halogens is 2. The number of nitrogens with zero attached hydrogens (tertiary/aromatic N) is 3. The van der Waals surface area contributed by atoms with Crippen LogP contribution in [0.2, 0.25) is 5.02 Å². The molecular weight excluding hydrogens is 443 g/mol. The van der Waals surface area contributed by atoms with Crippen LogP contribution in [0.5, 0.6) is 0 Å². The topological polar surface area (TPSA) is 112 Å². The van der Waals surface area contributed by atoms with Gasteiger partial charge in [-0.3, -0.25) is 9.48 Å². The zero-order chi connectivity index (χ0) is 23.5. The van der Waals surface area contributed by atoms with E-state index in [-0.39, 0.29) is 17.9 Å². The zero-order valence-corrected chi connectivity index (χ0v) is 18.6. The number of amides is 1. The van der Waals surface area contributed by atoms with E-state index in [1.54, 1.807) is 47.4 Å². The average Bonchev–Trinajstić information content (AvgIpc) is 3.23. The molecule has 2 aromatic heterocycles. The van der Waals surface area contributed by atoms with Crippen molar-refractivity contribution >= 4 is 23.3 Å². The van der Waals surface area contributed by atoms with Crippen molar-refractivity contribution in [3.63, 3.8) is 0 Å². The Hall–Kier alpha value is -3.75. The number of hydrogen-bond donors (Lipinski definition) is 3. The van der Waals surface area contributed by atoms with Gasteiger partial charge in [0.25, 0.3) is 5.91 Å². The van der Waals surface area contributed by atoms with E-state index in [4.69, 9.17) is 23.1 Å². The molecule has 4 rings (SSSR count). The molecule has 7 nitrogen and oxygen atoms in total. The number of benzene rings is 2. The largest absolute Gasteiger partial charge is 0.383 e. The molecule has 1 amide bonds. The molecule has 33 heavy (non-hydrogen) atoms. The predicted octanol–water partition coefficient (Wildman–Crippen LogP) is 3.95. The number of rotatable bonds is 6. The highest BCUT2D eigenvalue weighted by Gasteiger charge is 2.19. The number of nitrogens with one attached hydrogen (secondary N) is 1. The second-order valence-corrected chi connectivity index (χ2v) is 7.94. The minimum atomic E-state index is -0.683. The van der Waals surface area contributed by atoms with Gasteiger partial charge in [0, 0.05) is 42.1 Å². The number of nitrogens with two attached hydrogens (primary N) is 2. The van der Waals surface area contributed by atoms with Crippen molar-refractivity contribution < 1.29 is 9.18 Å². The Morgan fingerprint density at radius 2 is 2.00 bits per heavy atom. The van der Waals surface area contributed by atoms with E-state index >= 15 is 0 Å². The SMILES string of the molecule is Cn1nccc1-c1cnc(N)c(-c2ccc(C(=O)N[C@H](CN)c3cccc(Cl)c3)c(F)c2)c1. The summed E-state index contributed by atoms with van der Waals surface area (Å²) in [4.78, 5) is 17.0. The highest BCUT2D eigenvalue weighted by molar-refractivity contribution is 6.30. The molecule has 0 saturated heterocycles. The molecule has 2 heterocycles. The molecule has 4 aromatic rings. The van der Waals surface area contributed by atoms with Crippen LogP contribution in [0.1, 0.15) is 22.0 Å². The average molecular weight is 465 g/mol. The summed E-state index contributed by atoms with van der Waals surface area (Å²) in [5, 5.41) is 7.44. The molecule has 0 fully saturated rings. The monoisotopic (exact) mass is 464 g/mol. The first-order valence-electron chi connectivity index (χ1n) is 10.2. The standard InChI is InChI=1S/C24H22ClFN6O/c1-32-22(7-8-30-32)16-10-19(23(28)29-13-16)14-5-6-18(20(26)11-14)24(33)31-21(12-27)15-3-2-4-17(25)9-15/h2-11,13,21H,12,27H2,1H3,(H2,28,29)(H,31,33)/t21-/m1/s1. The molecule has 0 aliphatic rings. The first-order valence-corrected chi connectivity index (χ1v) is 10.6. The van der Waals surface area contributed by atoms with Crippen LogP contribution in [0.4, 0.5) is 10.2 Å². The molecule has 1 atom stereocenters. The van der Waals surface area contributed by atoms with Gasteiger partial charge in [0.05, 0.1) is 17.3 Å². The van der Waals surface area contributed by atoms with Crippen LogP contribution in [0.3, 0.4) is 0 Å². The second kappa shape index (κ2) is 9.40. The number of hydrogen-bond acceptors (Lipinski definition) is 5. The Morgan fingerprint density at radius 3 is 2.67 bits per heavy atom. The first kappa shape index (κ1) is 22.4. The van der Waals surface area contributed by atoms with Crippen molar-refractivity contribution in [2.75, 3.05) is 12.3 Å². The molecule has 0 aliphatic carbocycles.